The lowest BCUT2D eigenvalue weighted by molar-refractivity contribution is -0.127. The van der Waals surface area contributed by atoms with Gasteiger partial charge in [-0.25, -0.2) is 4.79 Å². The van der Waals surface area contributed by atoms with Crippen molar-refractivity contribution in [2.45, 2.75) is 12.6 Å². The molecular weight excluding hydrogens is 277 g/mol. The van der Waals surface area contributed by atoms with E-state index >= 15 is 0 Å². The maximum atomic E-state index is 12.1. The first-order valence-corrected chi connectivity index (χ1v) is 4.67. The van der Waals surface area contributed by atoms with Crippen LogP contribution in [0.1, 0.15) is 15.9 Å². The van der Waals surface area contributed by atoms with Gasteiger partial charge >= 0.3 is 12.1 Å². The molecule has 0 aromatic heterocycles. The van der Waals surface area contributed by atoms with E-state index in [4.69, 9.17) is 5.11 Å². The Morgan fingerprint density at radius 1 is 1.40 bits per heavy atom. The molecule has 0 fully saturated rings. The number of carbonyl (C=O) groups is 1. The molecule has 1 aromatic rings. The van der Waals surface area contributed by atoms with E-state index in [2.05, 4.69) is 15.9 Å². The average Bonchev–Trinajstić information content (AvgIpc) is 2.05. The molecular formula is C9H6BrF3O2. The van der Waals surface area contributed by atoms with E-state index in [1.807, 2.05) is 0 Å². The van der Waals surface area contributed by atoms with Crippen LogP contribution in [-0.4, -0.2) is 17.3 Å². The molecule has 1 N–H and O–H groups in total. The Balaban J connectivity index is 3.12. The van der Waals surface area contributed by atoms with E-state index in [1.54, 1.807) is 0 Å². The van der Waals surface area contributed by atoms with Crippen LogP contribution in [0, 0.1) is 0 Å². The van der Waals surface area contributed by atoms with Gasteiger partial charge in [0.05, 0.1) is 12.0 Å². The zero-order valence-electron chi connectivity index (χ0n) is 7.31. The molecule has 0 radical (unpaired) electrons. The molecule has 0 atom stereocenters. The van der Waals surface area contributed by atoms with E-state index in [-0.39, 0.29) is 11.1 Å². The number of carboxylic acids is 1. The topological polar surface area (TPSA) is 37.3 Å². The summed E-state index contributed by atoms with van der Waals surface area (Å²) in [7, 11) is 0. The highest BCUT2D eigenvalue weighted by Gasteiger charge is 2.29. The van der Waals surface area contributed by atoms with Gasteiger partial charge in [0.2, 0.25) is 0 Å². The van der Waals surface area contributed by atoms with Gasteiger partial charge in [-0.2, -0.15) is 13.2 Å². The van der Waals surface area contributed by atoms with Gasteiger partial charge in [0, 0.05) is 4.47 Å². The molecule has 0 aliphatic carbocycles. The normalized spacial score (nSPS) is 11.5. The first-order chi connectivity index (χ1) is 6.79. The van der Waals surface area contributed by atoms with Crippen molar-refractivity contribution < 1.29 is 23.1 Å². The van der Waals surface area contributed by atoms with E-state index in [1.165, 1.54) is 6.07 Å². The van der Waals surface area contributed by atoms with Crippen LogP contribution in [0.25, 0.3) is 0 Å². The number of alkyl halides is 3. The first kappa shape index (κ1) is 12.0. The summed E-state index contributed by atoms with van der Waals surface area (Å²) in [6.07, 6.45) is -5.64. The van der Waals surface area contributed by atoms with Crippen molar-refractivity contribution >= 4 is 21.9 Å². The van der Waals surface area contributed by atoms with E-state index < -0.39 is 18.6 Å². The molecule has 0 saturated heterocycles. The fraction of sp³-hybridized carbons (Fsp3) is 0.222. The van der Waals surface area contributed by atoms with Crippen molar-refractivity contribution in [3.8, 4) is 0 Å². The van der Waals surface area contributed by atoms with Crippen molar-refractivity contribution in [2.24, 2.45) is 0 Å². The maximum Gasteiger partial charge on any atom is 0.393 e. The quantitative estimate of drug-likeness (QED) is 0.904. The second kappa shape index (κ2) is 4.22. The predicted molar refractivity (Wildman–Crippen MR) is 50.9 cm³/mol. The summed E-state index contributed by atoms with van der Waals surface area (Å²) in [4.78, 5) is 10.7. The molecule has 6 heteroatoms. The minimum atomic E-state index is -4.40. The fourth-order valence-corrected chi connectivity index (χ4v) is 1.48. The minimum absolute atomic E-state index is 0.238. The van der Waals surface area contributed by atoms with Crippen molar-refractivity contribution in [3.63, 3.8) is 0 Å². The lowest BCUT2D eigenvalue weighted by atomic mass is 10.0. The zero-order valence-corrected chi connectivity index (χ0v) is 8.89. The maximum absolute atomic E-state index is 12.1. The summed E-state index contributed by atoms with van der Waals surface area (Å²) in [6, 6.07) is 3.69. The predicted octanol–water partition coefficient (Wildman–Crippen LogP) is 3.25. The highest BCUT2D eigenvalue weighted by Crippen LogP contribution is 2.25. The Bertz CT molecular complexity index is 387. The van der Waals surface area contributed by atoms with Crippen LogP contribution in [0.15, 0.2) is 22.7 Å². The first-order valence-electron chi connectivity index (χ1n) is 3.88. The number of carboxylic acid groups (broad SMARTS) is 1. The Morgan fingerprint density at radius 3 is 2.47 bits per heavy atom. The molecule has 82 valence electrons. The second-order valence-electron chi connectivity index (χ2n) is 2.90. The number of rotatable bonds is 2. The summed E-state index contributed by atoms with van der Waals surface area (Å²) < 4.78 is 36.7. The van der Waals surface area contributed by atoms with Crippen LogP contribution in [-0.2, 0) is 6.42 Å². The molecule has 0 aliphatic rings. The fourth-order valence-electron chi connectivity index (χ4n) is 1.12. The van der Waals surface area contributed by atoms with Crippen molar-refractivity contribution in [2.75, 3.05) is 0 Å². The summed E-state index contributed by atoms with van der Waals surface area (Å²) in [5.41, 5.74) is -0.570. The number of hydrogen-bond donors (Lipinski definition) is 1. The van der Waals surface area contributed by atoms with Gasteiger partial charge in [-0.3, -0.25) is 0 Å². The van der Waals surface area contributed by atoms with Crippen LogP contribution in [0.3, 0.4) is 0 Å². The lowest BCUT2D eigenvalue weighted by Gasteiger charge is -2.09. The average molecular weight is 283 g/mol. The number of benzene rings is 1. The largest absolute Gasteiger partial charge is 0.478 e. The van der Waals surface area contributed by atoms with Crippen molar-refractivity contribution in [1.29, 1.82) is 0 Å². The number of aromatic carboxylic acids is 1. The smallest absolute Gasteiger partial charge is 0.393 e. The third kappa shape index (κ3) is 3.54. The number of hydrogen-bond acceptors (Lipinski definition) is 1. The molecule has 15 heavy (non-hydrogen) atoms. The van der Waals surface area contributed by atoms with Crippen molar-refractivity contribution in [1.82, 2.24) is 0 Å². The zero-order chi connectivity index (χ0) is 11.6. The third-order valence-electron chi connectivity index (χ3n) is 1.69. The van der Waals surface area contributed by atoms with Gasteiger partial charge in [0.25, 0.3) is 0 Å². The Labute approximate surface area is 91.8 Å². The lowest BCUT2D eigenvalue weighted by Crippen LogP contribution is -2.14. The van der Waals surface area contributed by atoms with Crippen LogP contribution in [0.2, 0.25) is 0 Å². The van der Waals surface area contributed by atoms with E-state index in [0.29, 0.717) is 4.47 Å². The molecule has 0 unspecified atom stereocenters. The SMILES string of the molecule is O=C(O)c1cc(Br)ccc1CC(F)(F)F. The second-order valence-corrected chi connectivity index (χ2v) is 3.81. The molecule has 0 saturated carbocycles. The Morgan fingerprint density at radius 2 is 2.00 bits per heavy atom. The van der Waals surface area contributed by atoms with E-state index in [9.17, 15) is 18.0 Å². The monoisotopic (exact) mass is 282 g/mol. The molecule has 0 amide bonds. The van der Waals surface area contributed by atoms with Crippen LogP contribution < -0.4 is 0 Å². The third-order valence-corrected chi connectivity index (χ3v) is 2.19. The molecule has 0 spiro atoms. The molecule has 0 bridgehead atoms. The van der Waals surface area contributed by atoms with Crippen LogP contribution in [0.5, 0.6) is 0 Å². The van der Waals surface area contributed by atoms with Gasteiger partial charge in [-0.05, 0) is 17.7 Å². The standard InChI is InChI=1S/C9H6BrF3O2/c10-6-2-1-5(4-9(11,12)13)7(3-6)8(14)15/h1-3H,4H2,(H,14,15). The number of halogens is 4. The van der Waals surface area contributed by atoms with Gasteiger partial charge < -0.3 is 5.11 Å². The molecule has 1 aromatic carbocycles. The highest BCUT2D eigenvalue weighted by atomic mass is 79.9. The molecule has 1 rings (SSSR count). The van der Waals surface area contributed by atoms with Gasteiger partial charge in [-0.15, -0.1) is 0 Å². The Hall–Kier alpha value is -1.04. The van der Waals surface area contributed by atoms with Crippen LogP contribution in [0.4, 0.5) is 13.2 Å². The summed E-state index contributed by atoms with van der Waals surface area (Å²) in [5, 5.41) is 8.70. The molecule has 0 aliphatic heterocycles. The minimum Gasteiger partial charge on any atom is -0.478 e. The van der Waals surface area contributed by atoms with Gasteiger partial charge in [0.15, 0.2) is 0 Å². The van der Waals surface area contributed by atoms with Gasteiger partial charge in [0.1, 0.15) is 0 Å². The van der Waals surface area contributed by atoms with Crippen molar-refractivity contribution in [3.05, 3.63) is 33.8 Å². The molecule has 2 nitrogen and oxygen atoms in total. The van der Waals surface area contributed by atoms with Crippen LogP contribution >= 0.6 is 15.9 Å². The summed E-state index contributed by atoms with van der Waals surface area (Å²) in [5.74, 6) is -1.37. The van der Waals surface area contributed by atoms with Gasteiger partial charge in [-0.1, -0.05) is 22.0 Å². The van der Waals surface area contributed by atoms with E-state index in [0.717, 1.165) is 12.1 Å². The summed E-state index contributed by atoms with van der Waals surface area (Å²) >= 11 is 3.00. The summed E-state index contributed by atoms with van der Waals surface area (Å²) in [6.45, 7) is 0. The molecule has 0 heterocycles. The Kier molecular flexibility index (Phi) is 3.38. The highest BCUT2D eigenvalue weighted by molar-refractivity contribution is 9.10.